The van der Waals surface area contributed by atoms with Gasteiger partial charge in [-0.3, -0.25) is 14.7 Å². The number of azide groups is 2. The van der Waals surface area contributed by atoms with Gasteiger partial charge in [-0.15, -0.1) is 12.8 Å². The van der Waals surface area contributed by atoms with Crippen molar-refractivity contribution in [3.05, 3.63) is 20.9 Å². The maximum absolute atomic E-state index is 8.13. The molecular weight excluding hydrogens is 414 g/mol. The van der Waals surface area contributed by atoms with Gasteiger partial charge in [0.1, 0.15) is 0 Å². The molecule has 0 N–H and O–H groups in total. The van der Waals surface area contributed by atoms with Crippen LogP contribution in [0.5, 0.6) is 0 Å². The third-order valence-electron chi connectivity index (χ3n) is 4.77. The van der Waals surface area contributed by atoms with E-state index in [2.05, 4.69) is 97.1 Å². The SMILES string of the molecule is C#CCN(CC#C)C(C)(C)C.CC(C)(C)N(CN=[N+]=[N-])CN=[N+]=[N-].CCN(CC)C(C)(C)C. The van der Waals surface area contributed by atoms with Crippen LogP contribution in [-0.4, -0.2) is 70.8 Å². The standard InChI is InChI=1S/C10H15N.C8H19N.C6H13N7/c1-6-8-11(9-7-2)10(3,4)5;1-6-9(7-2)8(3,4)5;1-6(2,3)13(4-9-11-7)5-10-12-8/h1-2H,8-9H2,3-5H3;6-7H2,1-5H3;4-5H2,1-3H3. The summed E-state index contributed by atoms with van der Waals surface area (Å²) in [6.07, 6.45) is 10.4. The fraction of sp³-hybridized carbons (Fsp3) is 0.833. The summed E-state index contributed by atoms with van der Waals surface area (Å²) in [4.78, 5) is 11.6. The molecule has 0 aliphatic carbocycles. The molecule has 0 radical (unpaired) electrons. The van der Waals surface area contributed by atoms with Gasteiger partial charge in [0.2, 0.25) is 0 Å². The van der Waals surface area contributed by atoms with Crippen LogP contribution in [0.2, 0.25) is 0 Å². The zero-order valence-corrected chi connectivity index (χ0v) is 22.9. The summed E-state index contributed by atoms with van der Waals surface area (Å²) in [6, 6.07) is 0. The minimum atomic E-state index is -0.178. The molecule has 0 rings (SSSR count). The van der Waals surface area contributed by atoms with Crippen LogP contribution in [0, 0.1) is 24.7 Å². The Kier molecular flexibility index (Phi) is 19.3. The van der Waals surface area contributed by atoms with Crippen molar-refractivity contribution in [3.8, 4) is 24.7 Å². The van der Waals surface area contributed by atoms with Gasteiger partial charge in [0, 0.05) is 26.4 Å². The maximum atomic E-state index is 8.13. The Labute approximate surface area is 203 Å². The molecule has 0 saturated heterocycles. The van der Waals surface area contributed by atoms with Gasteiger partial charge in [-0.25, -0.2) is 0 Å². The fourth-order valence-electron chi connectivity index (χ4n) is 2.60. The third kappa shape index (κ3) is 20.0. The van der Waals surface area contributed by atoms with Gasteiger partial charge >= 0.3 is 0 Å². The van der Waals surface area contributed by atoms with Gasteiger partial charge in [0.05, 0.1) is 26.4 Å². The van der Waals surface area contributed by atoms with Crippen LogP contribution in [0.25, 0.3) is 20.9 Å². The average Bonchev–Trinajstić information content (AvgIpc) is 2.67. The Morgan fingerprint density at radius 1 is 0.636 bits per heavy atom. The van der Waals surface area contributed by atoms with Crippen LogP contribution in [-0.2, 0) is 0 Å². The van der Waals surface area contributed by atoms with Crippen LogP contribution in [0.1, 0.15) is 76.2 Å². The molecule has 0 fully saturated rings. The topological polar surface area (TPSA) is 107 Å². The lowest BCUT2D eigenvalue weighted by Gasteiger charge is -2.33. The van der Waals surface area contributed by atoms with Crippen LogP contribution < -0.4 is 0 Å². The molecule has 188 valence electrons. The van der Waals surface area contributed by atoms with E-state index in [1.807, 2.05) is 20.8 Å². The number of rotatable bonds is 8. The minimum absolute atomic E-state index is 0.0682. The largest absolute Gasteiger partial charge is 0.299 e. The highest BCUT2D eigenvalue weighted by Gasteiger charge is 2.19. The second-order valence-corrected chi connectivity index (χ2v) is 10.2. The summed E-state index contributed by atoms with van der Waals surface area (Å²) in [5.41, 5.74) is 16.5. The molecule has 9 heteroatoms. The van der Waals surface area contributed by atoms with E-state index in [1.165, 1.54) is 0 Å². The summed E-state index contributed by atoms with van der Waals surface area (Å²) in [7, 11) is 0. The first kappa shape index (κ1) is 35.2. The van der Waals surface area contributed by atoms with Crippen molar-refractivity contribution in [2.45, 2.75) is 92.8 Å². The van der Waals surface area contributed by atoms with Crippen molar-refractivity contribution < 1.29 is 0 Å². The second kappa shape index (κ2) is 18.1. The van der Waals surface area contributed by atoms with Crippen LogP contribution in [0.15, 0.2) is 10.2 Å². The van der Waals surface area contributed by atoms with E-state index in [4.69, 9.17) is 23.9 Å². The summed E-state index contributed by atoms with van der Waals surface area (Å²) in [5.74, 6) is 5.18. The Balaban J connectivity index is -0.000000416. The quantitative estimate of drug-likeness (QED) is 0.188. The van der Waals surface area contributed by atoms with Gasteiger partial charge in [0.25, 0.3) is 0 Å². The molecule has 33 heavy (non-hydrogen) atoms. The highest BCUT2D eigenvalue weighted by Crippen LogP contribution is 2.13. The van der Waals surface area contributed by atoms with E-state index >= 15 is 0 Å². The Hall–Kier alpha value is -2.38. The maximum Gasteiger partial charge on any atom is 0.0779 e. The summed E-state index contributed by atoms with van der Waals surface area (Å²) >= 11 is 0. The summed E-state index contributed by atoms with van der Waals surface area (Å²) in [5, 5.41) is 6.83. The fourth-order valence-corrected chi connectivity index (χ4v) is 2.60. The van der Waals surface area contributed by atoms with E-state index < -0.39 is 0 Å². The zero-order chi connectivity index (χ0) is 26.7. The average molecular weight is 462 g/mol. The summed E-state index contributed by atoms with van der Waals surface area (Å²) < 4.78 is 0. The molecule has 0 saturated carbocycles. The smallest absolute Gasteiger partial charge is 0.0779 e. The van der Waals surface area contributed by atoms with Crippen molar-refractivity contribution in [1.82, 2.24) is 14.7 Å². The van der Waals surface area contributed by atoms with Gasteiger partial charge in [-0.2, -0.15) is 0 Å². The normalized spacial score (nSPS) is 11.2. The van der Waals surface area contributed by atoms with Gasteiger partial charge < -0.3 is 0 Å². The number of nitrogens with zero attached hydrogens (tertiary/aromatic N) is 9. The molecule has 0 aromatic rings. The van der Waals surface area contributed by atoms with Crippen molar-refractivity contribution >= 4 is 0 Å². The molecule has 0 aliphatic rings. The predicted molar refractivity (Wildman–Crippen MR) is 141 cm³/mol. The number of hydrogen-bond acceptors (Lipinski definition) is 5. The van der Waals surface area contributed by atoms with Crippen molar-refractivity contribution in [1.29, 1.82) is 0 Å². The van der Waals surface area contributed by atoms with E-state index in [0.29, 0.717) is 18.6 Å². The lowest BCUT2D eigenvalue weighted by molar-refractivity contribution is 0.145. The van der Waals surface area contributed by atoms with Crippen molar-refractivity contribution in [2.24, 2.45) is 10.2 Å². The Morgan fingerprint density at radius 2 is 0.939 bits per heavy atom. The lowest BCUT2D eigenvalue weighted by atomic mass is 10.1. The third-order valence-corrected chi connectivity index (χ3v) is 4.77. The summed E-state index contributed by atoms with van der Waals surface area (Å²) in [6.45, 7) is 27.3. The van der Waals surface area contributed by atoms with E-state index in [0.717, 1.165) is 13.1 Å². The van der Waals surface area contributed by atoms with Crippen molar-refractivity contribution in [3.63, 3.8) is 0 Å². The molecule has 0 spiro atoms. The van der Waals surface area contributed by atoms with Crippen molar-refractivity contribution in [2.75, 3.05) is 39.5 Å². The van der Waals surface area contributed by atoms with Gasteiger partial charge in [0.15, 0.2) is 0 Å². The van der Waals surface area contributed by atoms with Crippen LogP contribution in [0.3, 0.4) is 0 Å². The highest BCUT2D eigenvalue weighted by atomic mass is 15.4. The lowest BCUT2D eigenvalue weighted by Crippen LogP contribution is -2.41. The molecule has 0 bridgehead atoms. The number of terminal acetylenes is 2. The monoisotopic (exact) mass is 461 g/mol. The predicted octanol–water partition coefficient (Wildman–Crippen LogP) is 6.10. The molecule has 9 nitrogen and oxygen atoms in total. The van der Waals surface area contributed by atoms with Gasteiger partial charge in [-0.1, -0.05) is 35.9 Å². The Morgan fingerprint density at radius 3 is 1.09 bits per heavy atom. The second-order valence-electron chi connectivity index (χ2n) is 10.2. The first-order valence-electron chi connectivity index (χ1n) is 11.2. The van der Waals surface area contributed by atoms with E-state index in [9.17, 15) is 0 Å². The molecular formula is C24H47N9. The zero-order valence-electron chi connectivity index (χ0n) is 22.9. The number of hydrogen-bond donors (Lipinski definition) is 0. The molecule has 0 amide bonds. The minimum Gasteiger partial charge on any atom is -0.299 e. The van der Waals surface area contributed by atoms with E-state index in [1.54, 1.807) is 4.90 Å². The molecule has 0 atom stereocenters. The molecule has 0 heterocycles. The van der Waals surface area contributed by atoms with Crippen LogP contribution >= 0.6 is 0 Å². The highest BCUT2D eigenvalue weighted by molar-refractivity contribution is 4.98. The molecule has 0 unspecified atom stereocenters. The first-order chi connectivity index (χ1) is 15.1. The van der Waals surface area contributed by atoms with E-state index in [-0.39, 0.29) is 24.4 Å². The van der Waals surface area contributed by atoms with Gasteiger partial charge in [-0.05, 0) is 86.5 Å². The molecule has 0 aromatic carbocycles. The molecule has 0 aliphatic heterocycles. The van der Waals surface area contributed by atoms with Crippen LogP contribution in [0.4, 0.5) is 0 Å². The Bertz CT molecular complexity index is 644. The first-order valence-corrected chi connectivity index (χ1v) is 11.2. The molecule has 0 aromatic heterocycles.